The molecule has 1 aromatic heterocycles. The van der Waals surface area contributed by atoms with Crippen LogP contribution in [0.1, 0.15) is 25.0 Å². The largest absolute Gasteiger partial charge is 0.394 e. The van der Waals surface area contributed by atoms with Crippen LogP contribution in [0.5, 0.6) is 0 Å². The molecule has 2 rings (SSSR count). The lowest BCUT2D eigenvalue weighted by Gasteiger charge is -2.22. The van der Waals surface area contributed by atoms with Crippen molar-refractivity contribution in [2.24, 2.45) is 0 Å². The van der Waals surface area contributed by atoms with Crippen molar-refractivity contribution in [2.45, 2.75) is 31.7 Å². The molecule has 94 valence electrons. The second-order valence-electron chi connectivity index (χ2n) is 4.24. The SMILES string of the molecule is Nc1nc(CCC(=O)N2CCC[C@@H]2CO)cs1. The van der Waals surface area contributed by atoms with Crippen molar-refractivity contribution in [3.05, 3.63) is 11.1 Å². The van der Waals surface area contributed by atoms with Gasteiger partial charge in [0.2, 0.25) is 5.91 Å². The van der Waals surface area contributed by atoms with E-state index in [0.717, 1.165) is 25.1 Å². The van der Waals surface area contributed by atoms with Crippen molar-refractivity contribution < 1.29 is 9.90 Å². The van der Waals surface area contributed by atoms with Crippen molar-refractivity contribution in [1.29, 1.82) is 0 Å². The number of hydrogen-bond acceptors (Lipinski definition) is 5. The predicted molar refractivity (Wildman–Crippen MR) is 66.7 cm³/mol. The second-order valence-corrected chi connectivity index (χ2v) is 5.13. The number of carbonyl (C=O) groups excluding carboxylic acids is 1. The molecule has 0 saturated carbocycles. The van der Waals surface area contributed by atoms with Gasteiger partial charge in [-0.3, -0.25) is 4.79 Å². The van der Waals surface area contributed by atoms with Crippen LogP contribution in [0.3, 0.4) is 0 Å². The fourth-order valence-electron chi connectivity index (χ4n) is 2.17. The molecule has 3 N–H and O–H groups in total. The summed E-state index contributed by atoms with van der Waals surface area (Å²) in [4.78, 5) is 17.9. The van der Waals surface area contributed by atoms with E-state index < -0.39 is 0 Å². The highest BCUT2D eigenvalue weighted by atomic mass is 32.1. The summed E-state index contributed by atoms with van der Waals surface area (Å²) in [6.07, 6.45) is 2.97. The lowest BCUT2D eigenvalue weighted by atomic mass is 10.2. The van der Waals surface area contributed by atoms with E-state index in [-0.39, 0.29) is 18.6 Å². The van der Waals surface area contributed by atoms with Crippen LogP contribution in [0.25, 0.3) is 0 Å². The molecule has 1 fully saturated rings. The zero-order valence-corrected chi connectivity index (χ0v) is 10.4. The minimum absolute atomic E-state index is 0.0167. The molecular weight excluding hydrogens is 238 g/mol. The number of aryl methyl sites for hydroxylation is 1. The number of rotatable bonds is 4. The predicted octanol–water partition coefficient (Wildman–Crippen LogP) is 0.641. The Kier molecular flexibility index (Phi) is 3.96. The first-order valence-electron chi connectivity index (χ1n) is 5.81. The van der Waals surface area contributed by atoms with Gasteiger partial charge in [-0.2, -0.15) is 0 Å². The summed E-state index contributed by atoms with van der Waals surface area (Å²) in [5.74, 6) is 0.105. The van der Waals surface area contributed by atoms with E-state index in [4.69, 9.17) is 10.8 Å². The third-order valence-corrected chi connectivity index (χ3v) is 3.80. The van der Waals surface area contributed by atoms with Crippen LogP contribution in [-0.4, -0.2) is 40.1 Å². The monoisotopic (exact) mass is 255 g/mol. The molecule has 1 aliphatic rings. The van der Waals surface area contributed by atoms with Crippen molar-refractivity contribution in [2.75, 3.05) is 18.9 Å². The van der Waals surface area contributed by atoms with Crippen molar-refractivity contribution in [1.82, 2.24) is 9.88 Å². The average Bonchev–Trinajstić information content (AvgIpc) is 2.94. The van der Waals surface area contributed by atoms with Crippen molar-refractivity contribution in [3.8, 4) is 0 Å². The van der Waals surface area contributed by atoms with E-state index in [1.54, 1.807) is 4.90 Å². The summed E-state index contributed by atoms with van der Waals surface area (Å²) >= 11 is 1.40. The maximum atomic E-state index is 12.0. The van der Waals surface area contributed by atoms with Crippen LogP contribution in [0.2, 0.25) is 0 Å². The van der Waals surface area contributed by atoms with E-state index >= 15 is 0 Å². The second kappa shape index (κ2) is 5.46. The van der Waals surface area contributed by atoms with Crippen molar-refractivity contribution >= 4 is 22.4 Å². The number of aliphatic hydroxyl groups excluding tert-OH is 1. The first-order valence-corrected chi connectivity index (χ1v) is 6.69. The standard InChI is InChI=1S/C11H17N3O2S/c12-11-13-8(7-17-11)3-4-10(16)14-5-1-2-9(14)6-15/h7,9,15H,1-6H2,(H2,12,13)/t9-/m1/s1. The molecule has 1 atom stereocenters. The fourth-order valence-corrected chi connectivity index (χ4v) is 2.77. The molecule has 0 aliphatic carbocycles. The van der Waals surface area contributed by atoms with E-state index in [1.165, 1.54) is 11.3 Å². The van der Waals surface area contributed by atoms with Gasteiger partial charge in [0.1, 0.15) is 0 Å². The first-order chi connectivity index (χ1) is 8.20. The van der Waals surface area contributed by atoms with E-state index in [9.17, 15) is 4.79 Å². The number of nitrogens with zero attached hydrogens (tertiary/aromatic N) is 2. The van der Waals surface area contributed by atoms with Gasteiger partial charge in [-0.05, 0) is 19.3 Å². The van der Waals surface area contributed by atoms with Crippen LogP contribution in [-0.2, 0) is 11.2 Å². The van der Waals surface area contributed by atoms with Gasteiger partial charge < -0.3 is 15.7 Å². The van der Waals surface area contributed by atoms with E-state index in [2.05, 4.69) is 4.98 Å². The molecule has 2 heterocycles. The molecule has 1 aliphatic heterocycles. The molecule has 1 amide bonds. The quantitative estimate of drug-likeness (QED) is 0.827. The third-order valence-electron chi connectivity index (χ3n) is 3.07. The topological polar surface area (TPSA) is 79.5 Å². The Bertz CT molecular complexity index is 394. The van der Waals surface area contributed by atoms with Crippen molar-refractivity contribution in [3.63, 3.8) is 0 Å². The lowest BCUT2D eigenvalue weighted by Crippen LogP contribution is -2.37. The maximum Gasteiger partial charge on any atom is 0.223 e. The van der Waals surface area contributed by atoms with E-state index in [1.807, 2.05) is 5.38 Å². The maximum absolute atomic E-state index is 12.0. The molecule has 0 aromatic carbocycles. The summed E-state index contributed by atoms with van der Waals surface area (Å²) in [7, 11) is 0. The Morgan fingerprint density at radius 2 is 2.53 bits per heavy atom. The molecule has 0 unspecified atom stereocenters. The lowest BCUT2D eigenvalue weighted by molar-refractivity contribution is -0.132. The molecule has 0 bridgehead atoms. The molecule has 1 saturated heterocycles. The summed E-state index contributed by atoms with van der Waals surface area (Å²) in [5, 5.41) is 11.6. The minimum atomic E-state index is 0.0167. The summed E-state index contributed by atoms with van der Waals surface area (Å²) < 4.78 is 0. The number of nitrogens with two attached hydrogens (primary N) is 1. The van der Waals surface area contributed by atoms with Gasteiger partial charge in [-0.15, -0.1) is 11.3 Å². The number of aliphatic hydroxyl groups is 1. The number of thiazole rings is 1. The fraction of sp³-hybridized carbons (Fsp3) is 0.636. The summed E-state index contributed by atoms with van der Waals surface area (Å²) in [5.41, 5.74) is 6.41. The Morgan fingerprint density at radius 1 is 1.71 bits per heavy atom. The number of nitrogen functional groups attached to an aromatic ring is 1. The molecule has 0 spiro atoms. The van der Waals surface area contributed by atoms with Gasteiger partial charge in [0, 0.05) is 18.3 Å². The zero-order valence-electron chi connectivity index (χ0n) is 9.63. The molecule has 5 nitrogen and oxygen atoms in total. The number of aromatic nitrogens is 1. The van der Waals surface area contributed by atoms with Gasteiger partial charge in [0.05, 0.1) is 18.3 Å². The average molecular weight is 255 g/mol. The van der Waals surface area contributed by atoms with Crippen LogP contribution < -0.4 is 5.73 Å². The Hall–Kier alpha value is -1.14. The van der Waals surface area contributed by atoms with Gasteiger partial charge in [0.25, 0.3) is 0 Å². The van der Waals surface area contributed by atoms with Gasteiger partial charge in [0.15, 0.2) is 5.13 Å². The first kappa shape index (κ1) is 12.3. The smallest absolute Gasteiger partial charge is 0.223 e. The van der Waals surface area contributed by atoms with Crippen LogP contribution in [0, 0.1) is 0 Å². The highest BCUT2D eigenvalue weighted by molar-refractivity contribution is 7.13. The number of anilines is 1. The van der Waals surface area contributed by atoms with Gasteiger partial charge >= 0.3 is 0 Å². The molecule has 17 heavy (non-hydrogen) atoms. The van der Waals surface area contributed by atoms with E-state index in [0.29, 0.717) is 18.0 Å². The molecule has 0 radical (unpaired) electrons. The molecule has 1 aromatic rings. The summed E-state index contributed by atoms with van der Waals surface area (Å²) in [6, 6.07) is 0.0167. The normalized spacial score (nSPS) is 19.8. The van der Waals surface area contributed by atoms with Crippen LogP contribution in [0.15, 0.2) is 5.38 Å². The summed E-state index contributed by atoms with van der Waals surface area (Å²) in [6.45, 7) is 0.832. The highest BCUT2D eigenvalue weighted by Crippen LogP contribution is 2.19. The number of carbonyl (C=O) groups is 1. The molecular formula is C11H17N3O2S. The number of amides is 1. The van der Waals surface area contributed by atoms with Gasteiger partial charge in [-0.1, -0.05) is 0 Å². The Labute approximate surface area is 104 Å². The van der Waals surface area contributed by atoms with Gasteiger partial charge in [-0.25, -0.2) is 4.98 Å². The number of hydrogen-bond donors (Lipinski definition) is 2. The number of likely N-dealkylation sites (tertiary alicyclic amines) is 1. The highest BCUT2D eigenvalue weighted by Gasteiger charge is 2.27. The Balaban J connectivity index is 1.84. The zero-order chi connectivity index (χ0) is 12.3. The van der Waals surface area contributed by atoms with Crippen LogP contribution >= 0.6 is 11.3 Å². The minimum Gasteiger partial charge on any atom is -0.394 e. The Morgan fingerprint density at radius 3 is 3.18 bits per heavy atom. The third kappa shape index (κ3) is 2.95. The molecule has 6 heteroatoms. The van der Waals surface area contributed by atoms with Crippen LogP contribution in [0.4, 0.5) is 5.13 Å².